The first-order chi connectivity index (χ1) is 12.5. The maximum atomic E-state index is 12.3. The fraction of sp³-hybridized carbons (Fsp3) is 0.389. The van der Waals surface area contributed by atoms with Crippen LogP contribution in [0.1, 0.15) is 30.6 Å². The number of esters is 2. The normalized spacial score (nSPS) is 16.4. The lowest BCUT2D eigenvalue weighted by Gasteiger charge is -2.28. The molecule has 0 unspecified atom stereocenters. The molecule has 0 aliphatic carbocycles. The number of ether oxygens (including phenoxy) is 3. The maximum absolute atomic E-state index is 12.3. The maximum Gasteiger partial charge on any atom is 0.342 e. The minimum absolute atomic E-state index is 0.195. The molecule has 2 N–H and O–H groups in total. The molecule has 0 saturated carbocycles. The zero-order valence-electron chi connectivity index (χ0n) is 15.0. The molecule has 26 heavy (non-hydrogen) atoms. The molecule has 2 amide bonds. The summed E-state index contributed by atoms with van der Waals surface area (Å²) in [4.78, 5) is 36.4. The van der Waals surface area contributed by atoms with Gasteiger partial charge in [-0.3, -0.25) is 0 Å². The highest BCUT2D eigenvalue weighted by atomic mass is 16.5. The molecule has 1 aliphatic heterocycles. The zero-order chi connectivity index (χ0) is 19.1. The van der Waals surface area contributed by atoms with E-state index in [4.69, 9.17) is 14.2 Å². The van der Waals surface area contributed by atoms with Crippen LogP contribution in [0, 0.1) is 0 Å². The minimum Gasteiger partial charge on any atom is -0.496 e. The Hall–Kier alpha value is -3.03. The molecule has 0 spiro atoms. The molecular weight excluding hydrogens is 340 g/mol. The molecule has 0 aromatic heterocycles. The Morgan fingerprint density at radius 3 is 2.50 bits per heavy atom. The van der Waals surface area contributed by atoms with Gasteiger partial charge in [0, 0.05) is 0 Å². The van der Waals surface area contributed by atoms with E-state index in [2.05, 4.69) is 10.6 Å². The lowest BCUT2D eigenvalue weighted by molar-refractivity contribution is -0.139. The summed E-state index contributed by atoms with van der Waals surface area (Å²) < 4.78 is 15.5. The van der Waals surface area contributed by atoms with Crippen molar-refractivity contribution in [2.24, 2.45) is 0 Å². The number of amides is 2. The summed E-state index contributed by atoms with van der Waals surface area (Å²) in [5.41, 5.74) is 0.713. The van der Waals surface area contributed by atoms with E-state index in [9.17, 15) is 14.4 Å². The first kappa shape index (κ1) is 19.3. The quantitative estimate of drug-likeness (QED) is 0.717. The largest absolute Gasteiger partial charge is 0.496 e. The predicted molar refractivity (Wildman–Crippen MR) is 92.7 cm³/mol. The van der Waals surface area contributed by atoms with Crippen LogP contribution >= 0.6 is 0 Å². The topological polar surface area (TPSA) is 103 Å². The summed E-state index contributed by atoms with van der Waals surface area (Å²) in [5.74, 6) is -0.813. The molecule has 0 bridgehead atoms. The summed E-state index contributed by atoms with van der Waals surface area (Å²) in [6.45, 7) is 3.44. The molecule has 0 saturated heterocycles. The van der Waals surface area contributed by atoms with Crippen molar-refractivity contribution in [3.05, 3.63) is 41.1 Å². The van der Waals surface area contributed by atoms with E-state index in [-0.39, 0.29) is 30.0 Å². The van der Waals surface area contributed by atoms with Crippen LogP contribution in [0.15, 0.2) is 35.5 Å². The molecule has 140 valence electrons. The minimum atomic E-state index is -0.626. The van der Waals surface area contributed by atoms with Crippen molar-refractivity contribution >= 4 is 18.0 Å². The van der Waals surface area contributed by atoms with Crippen LogP contribution in [-0.2, 0) is 14.3 Å². The van der Waals surface area contributed by atoms with E-state index in [0.717, 1.165) is 0 Å². The standard InChI is InChI=1S/C18H22N2O6/c1-4-12-15(17(22)25-5-2)13(20-18(23)19-12)10-26-16(21)11-8-6-7-9-14(11)24-3/h6-9,12H,4-5,10H2,1-3H3,(H2,19,20,23)/t12-/m0/s1. The van der Waals surface area contributed by atoms with Crippen LogP contribution in [-0.4, -0.2) is 44.3 Å². The van der Waals surface area contributed by atoms with Gasteiger partial charge in [-0.25, -0.2) is 14.4 Å². The Labute approximate surface area is 151 Å². The number of benzene rings is 1. The van der Waals surface area contributed by atoms with Crippen LogP contribution in [0.5, 0.6) is 5.75 Å². The molecule has 1 aliphatic rings. The van der Waals surface area contributed by atoms with Crippen molar-refractivity contribution in [3.63, 3.8) is 0 Å². The summed E-state index contributed by atoms with van der Waals surface area (Å²) in [7, 11) is 1.45. The number of carbonyl (C=O) groups excluding carboxylic acids is 3. The Bertz CT molecular complexity index is 728. The number of hydrogen-bond donors (Lipinski definition) is 2. The molecule has 8 heteroatoms. The summed E-state index contributed by atoms with van der Waals surface area (Å²) in [5, 5.41) is 5.18. The highest BCUT2D eigenvalue weighted by Crippen LogP contribution is 2.20. The number of nitrogens with one attached hydrogen (secondary N) is 2. The lowest BCUT2D eigenvalue weighted by Crippen LogP contribution is -2.51. The van der Waals surface area contributed by atoms with Crippen LogP contribution in [0.2, 0.25) is 0 Å². The van der Waals surface area contributed by atoms with Crippen molar-refractivity contribution in [1.82, 2.24) is 10.6 Å². The highest BCUT2D eigenvalue weighted by molar-refractivity contribution is 5.95. The van der Waals surface area contributed by atoms with E-state index in [1.165, 1.54) is 7.11 Å². The van der Waals surface area contributed by atoms with Crippen LogP contribution < -0.4 is 15.4 Å². The van der Waals surface area contributed by atoms with Gasteiger partial charge >= 0.3 is 18.0 Å². The number of methoxy groups -OCH3 is 1. The Kier molecular flexibility index (Phi) is 6.60. The molecule has 1 atom stereocenters. The Morgan fingerprint density at radius 1 is 1.12 bits per heavy atom. The molecule has 1 heterocycles. The van der Waals surface area contributed by atoms with Gasteiger partial charge in [0.2, 0.25) is 0 Å². The molecule has 0 radical (unpaired) electrons. The number of carbonyl (C=O) groups is 3. The third-order valence-corrected chi connectivity index (χ3v) is 3.82. The number of para-hydroxylation sites is 1. The lowest BCUT2D eigenvalue weighted by atomic mass is 10.0. The van der Waals surface area contributed by atoms with Crippen molar-refractivity contribution in [3.8, 4) is 5.75 Å². The number of hydrogen-bond acceptors (Lipinski definition) is 6. The van der Waals surface area contributed by atoms with Crippen molar-refractivity contribution in [2.75, 3.05) is 20.3 Å². The first-order valence-corrected chi connectivity index (χ1v) is 8.29. The fourth-order valence-electron chi connectivity index (χ4n) is 2.60. The van der Waals surface area contributed by atoms with Crippen molar-refractivity contribution in [1.29, 1.82) is 0 Å². The monoisotopic (exact) mass is 362 g/mol. The van der Waals surface area contributed by atoms with E-state index < -0.39 is 24.0 Å². The number of urea groups is 1. The van der Waals surface area contributed by atoms with Gasteiger partial charge in [-0.05, 0) is 25.5 Å². The van der Waals surface area contributed by atoms with Gasteiger partial charge in [0.1, 0.15) is 17.9 Å². The highest BCUT2D eigenvalue weighted by Gasteiger charge is 2.32. The second-order valence-corrected chi connectivity index (χ2v) is 5.45. The average molecular weight is 362 g/mol. The molecule has 0 fully saturated rings. The van der Waals surface area contributed by atoms with E-state index in [1.54, 1.807) is 31.2 Å². The van der Waals surface area contributed by atoms with E-state index in [0.29, 0.717) is 12.2 Å². The zero-order valence-corrected chi connectivity index (χ0v) is 15.0. The summed E-state index contributed by atoms with van der Waals surface area (Å²) >= 11 is 0. The Morgan fingerprint density at radius 2 is 1.85 bits per heavy atom. The van der Waals surface area contributed by atoms with Crippen molar-refractivity contribution in [2.45, 2.75) is 26.3 Å². The van der Waals surface area contributed by atoms with Gasteiger partial charge in [0.05, 0.1) is 31.0 Å². The van der Waals surface area contributed by atoms with Crippen LogP contribution in [0.4, 0.5) is 4.79 Å². The van der Waals surface area contributed by atoms with Crippen molar-refractivity contribution < 1.29 is 28.6 Å². The second-order valence-electron chi connectivity index (χ2n) is 5.45. The van der Waals surface area contributed by atoms with Gasteiger partial charge in [-0.2, -0.15) is 0 Å². The smallest absolute Gasteiger partial charge is 0.342 e. The van der Waals surface area contributed by atoms with Gasteiger partial charge in [-0.15, -0.1) is 0 Å². The van der Waals surface area contributed by atoms with Gasteiger partial charge in [-0.1, -0.05) is 19.1 Å². The van der Waals surface area contributed by atoms with Gasteiger partial charge in [0.25, 0.3) is 0 Å². The van der Waals surface area contributed by atoms with E-state index >= 15 is 0 Å². The molecule has 8 nitrogen and oxygen atoms in total. The third-order valence-electron chi connectivity index (χ3n) is 3.82. The first-order valence-electron chi connectivity index (χ1n) is 8.29. The molecular formula is C18H22N2O6. The SMILES string of the molecule is CCOC(=O)C1=C(COC(=O)c2ccccc2OC)NC(=O)N[C@H]1CC. The Balaban J connectivity index is 2.23. The van der Waals surface area contributed by atoms with Crippen LogP contribution in [0.25, 0.3) is 0 Å². The number of rotatable bonds is 7. The second kappa shape index (κ2) is 8.89. The fourth-order valence-corrected chi connectivity index (χ4v) is 2.60. The predicted octanol–water partition coefficient (Wildman–Crippen LogP) is 1.76. The molecule has 1 aromatic carbocycles. The molecule has 2 rings (SSSR count). The third kappa shape index (κ3) is 4.33. The van der Waals surface area contributed by atoms with Gasteiger partial charge < -0.3 is 24.8 Å². The summed E-state index contributed by atoms with van der Waals surface area (Å²) in [6, 6.07) is 5.64. The average Bonchev–Trinajstić information content (AvgIpc) is 2.65. The molecule has 1 aromatic rings. The van der Waals surface area contributed by atoms with E-state index in [1.807, 2.05) is 6.92 Å². The van der Waals surface area contributed by atoms with Crippen LogP contribution in [0.3, 0.4) is 0 Å². The summed E-state index contributed by atoms with van der Waals surface area (Å²) in [6.07, 6.45) is 0.492. The van der Waals surface area contributed by atoms with Gasteiger partial charge in [0.15, 0.2) is 0 Å².